The summed E-state index contributed by atoms with van der Waals surface area (Å²) in [6, 6.07) is 5.72. The zero-order chi connectivity index (χ0) is 8.69. The van der Waals surface area contributed by atoms with Gasteiger partial charge < -0.3 is 4.65 Å². The maximum absolute atomic E-state index is 3.93. The fourth-order valence-corrected chi connectivity index (χ4v) is 8.97. The summed E-state index contributed by atoms with van der Waals surface area (Å²) in [6.07, 6.45) is 0. The monoisotopic (exact) mass is 189 g/mol. The summed E-state index contributed by atoms with van der Waals surface area (Å²) >= 11 is 0. The van der Waals surface area contributed by atoms with Crippen LogP contribution in [0, 0.1) is 0 Å². The van der Waals surface area contributed by atoms with E-state index in [1.54, 1.807) is 0 Å². The Morgan fingerprint density at radius 1 is 0.727 bits per heavy atom. The predicted molar refractivity (Wildman–Crippen MR) is 59.4 cm³/mol. The van der Waals surface area contributed by atoms with Crippen LogP contribution in [-0.2, 0) is 0 Å². The van der Waals surface area contributed by atoms with Crippen molar-refractivity contribution in [1.82, 2.24) is 4.65 Å². The molecule has 68 valence electrons. The molecule has 0 aliphatic rings. The molecule has 0 heterocycles. The molecule has 0 aliphatic heterocycles. The van der Waals surface area contributed by atoms with Gasteiger partial charge in [-0.15, -0.1) is 0 Å². The molecule has 0 aromatic rings. The fraction of sp³-hybridized carbons (Fsp3) is 1.00. The summed E-state index contributed by atoms with van der Waals surface area (Å²) in [4.78, 5) is 0. The van der Waals surface area contributed by atoms with E-state index < -0.39 is 17.9 Å². The minimum Gasteiger partial charge on any atom is -0.364 e. The normalized spacial score (nSPS) is 11.5. The lowest BCUT2D eigenvalue weighted by Gasteiger charge is -2.19. The smallest absolute Gasteiger partial charge is 0.101 e. The Hall–Kier alpha value is 0.394. The Morgan fingerprint density at radius 2 is 1.00 bits per heavy atom. The molecule has 0 aromatic heterocycles. The van der Waals surface area contributed by atoms with Gasteiger partial charge in [-0.05, 0) is 0 Å². The van der Waals surface area contributed by atoms with Crippen molar-refractivity contribution >= 4 is 17.9 Å². The third kappa shape index (κ3) is 4.77. The second-order valence-electron chi connectivity index (χ2n) is 3.19. The van der Waals surface area contributed by atoms with Crippen molar-refractivity contribution in [3.63, 3.8) is 0 Å². The van der Waals surface area contributed by atoms with E-state index in [0.717, 1.165) is 0 Å². The molecule has 0 radical (unpaired) electrons. The number of nitrogens with one attached hydrogen (secondary N) is 1. The minimum atomic E-state index is -0.474. The summed E-state index contributed by atoms with van der Waals surface area (Å²) in [5.74, 6) is 0. The van der Waals surface area contributed by atoms with E-state index in [1.807, 2.05) is 0 Å². The first-order chi connectivity index (χ1) is 5.28. The van der Waals surface area contributed by atoms with Crippen molar-refractivity contribution in [2.45, 2.75) is 51.9 Å². The van der Waals surface area contributed by atoms with E-state index in [-0.39, 0.29) is 0 Å². The highest BCUT2D eigenvalue weighted by Gasteiger charge is 2.10. The zero-order valence-electron chi connectivity index (χ0n) is 8.48. The van der Waals surface area contributed by atoms with Crippen LogP contribution in [0.25, 0.3) is 0 Å². The predicted octanol–water partition coefficient (Wildman–Crippen LogP) is 2.10. The first kappa shape index (κ1) is 11.4. The van der Waals surface area contributed by atoms with Gasteiger partial charge in [0.25, 0.3) is 0 Å². The summed E-state index contributed by atoms with van der Waals surface area (Å²) in [6.45, 7) is 9.35. The highest BCUT2D eigenvalue weighted by molar-refractivity contribution is 6.72. The van der Waals surface area contributed by atoms with Gasteiger partial charge in [-0.2, -0.15) is 0 Å². The van der Waals surface area contributed by atoms with Crippen molar-refractivity contribution in [3.05, 3.63) is 0 Å². The van der Waals surface area contributed by atoms with Gasteiger partial charge in [-0.25, -0.2) is 0 Å². The van der Waals surface area contributed by atoms with Crippen LogP contribution in [0.4, 0.5) is 0 Å². The van der Waals surface area contributed by atoms with Gasteiger partial charge in [0.05, 0.1) is 0 Å². The van der Waals surface area contributed by atoms with E-state index >= 15 is 0 Å². The maximum Gasteiger partial charge on any atom is 0.101 e. The third-order valence-electron chi connectivity index (χ3n) is 2.44. The van der Waals surface area contributed by atoms with Gasteiger partial charge in [-0.1, -0.05) is 51.9 Å². The number of rotatable bonds is 6. The van der Waals surface area contributed by atoms with Crippen LogP contribution in [0.3, 0.4) is 0 Å². The molecule has 1 nitrogen and oxygen atoms in total. The lowest BCUT2D eigenvalue weighted by Crippen LogP contribution is -2.43. The number of hydrogen-bond donors (Lipinski definition) is 1. The van der Waals surface area contributed by atoms with Crippen LogP contribution < -0.4 is 4.65 Å². The van der Waals surface area contributed by atoms with Gasteiger partial charge >= 0.3 is 0 Å². The molecule has 0 fully saturated rings. The van der Waals surface area contributed by atoms with Crippen molar-refractivity contribution in [2.75, 3.05) is 0 Å². The molecule has 0 aliphatic carbocycles. The molecule has 1 N–H and O–H groups in total. The maximum atomic E-state index is 3.93. The lowest BCUT2D eigenvalue weighted by molar-refractivity contribution is 1.17. The van der Waals surface area contributed by atoms with Crippen LogP contribution in [0.5, 0.6) is 0 Å². The largest absolute Gasteiger partial charge is 0.364 e. The van der Waals surface area contributed by atoms with Crippen LogP contribution in [-0.4, -0.2) is 17.9 Å². The Bertz CT molecular complexity index is 70.2. The Labute approximate surface area is 75.0 Å². The second-order valence-corrected chi connectivity index (χ2v) is 10.6. The first-order valence-electron chi connectivity index (χ1n) is 5.04. The molecule has 0 aromatic carbocycles. The summed E-state index contributed by atoms with van der Waals surface area (Å²) in [5.41, 5.74) is 0. The van der Waals surface area contributed by atoms with E-state index in [4.69, 9.17) is 0 Å². The molecule has 0 amide bonds. The SMILES string of the molecule is CC[SiH](CC)N[SiH](CC)CC. The van der Waals surface area contributed by atoms with Gasteiger partial charge in [-0.3, -0.25) is 0 Å². The molecule has 0 bridgehead atoms. The van der Waals surface area contributed by atoms with Gasteiger partial charge in [0.2, 0.25) is 0 Å². The zero-order valence-corrected chi connectivity index (χ0v) is 10.8. The summed E-state index contributed by atoms with van der Waals surface area (Å²) < 4.78 is 3.93. The Balaban J connectivity index is 3.58. The quantitative estimate of drug-likeness (QED) is 0.631. The minimum absolute atomic E-state index is 0.474. The average molecular weight is 189 g/mol. The van der Waals surface area contributed by atoms with E-state index in [1.165, 1.54) is 24.2 Å². The van der Waals surface area contributed by atoms with Crippen LogP contribution in [0.2, 0.25) is 24.2 Å². The van der Waals surface area contributed by atoms with Crippen molar-refractivity contribution in [3.8, 4) is 0 Å². The van der Waals surface area contributed by atoms with Crippen LogP contribution in [0.15, 0.2) is 0 Å². The highest BCUT2D eigenvalue weighted by atomic mass is 28.3. The molecular formula is C8H23NSi2. The molecule has 0 saturated carbocycles. The topological polar surface area (TPSA) is 12.0 Å². The molecule has 0 unspecified atom stereocenters. The van der Waals surface area contributed by atoms with Crippen molar-refractivity contribution in [1.29, 1.82) is 0 Å². The van der Waals surface area contributed by atoms with Crippen LogP contribution in [0.1, 0.15) is 27.7 Å². The molecule has 0 atom stereocenters. The Morgan fingerprint density at radius 3 is 1.18 bits per heavy atom. The van der Waals surface area contributed by atoms with E-state index in [2.05, 4.69) is 32.3 Å². The molecular weight excluding hydrogens is 166 g/mol. The highest BCUT2D eigenvalue weighted by Crippen LogP contribution is 1.99. The molecule has 0 spiro atoms. The number of hydrogen-bond acceptors (Lipinski definition) is 1. The first-order valence-corrected chi connectivity index (χ1v) is 9.46. The molecule has 3 heteroatoms. The molecule has 0 rings (SSSR count). The second kappa shape index (κ2) is 7.07. The van der Waals surface area contributed by atoms with Gasteiger partial charge in [0.1, 0.15) is 17.9 Å². The van der Waals surface area contributed by atoms with E-state index in [0.29, 0.717) is 0 Å². The third-order valence-corrected chi connectivity index (χ3v) is 10.2. The van der Waals surface area contributed by atoms with Gasteiger partial charge in [0.15, 0.2) is 0 Å². The standard InChI is InChI=1S/C8H23NSi2/c1-5-10(6-2)9-11(7-3)8-4/h9-11H,5-8H2,1-4H3. The fourth-order valence-electron chi connectivity index (χ4n) is 1.38. The van der Waals surface area contributed by atoms with E-state index in [9.17, 15) is 0 Å². The molecule has 0 saturated heterocycles. The molecule has 11 heavy (non-hydrogen) atoms. The lowest BCUT2D eigenvalue weighted by atomic mass is 10.9. The van der Waals surface area contributed by atoms with Gasteiger partial charge in [0, 0.05) is 0 Å². The van der Waals surface area contributed by atoms with Crippen molar-refractivity contribution in [2.24, 2.45) is 0 Å². The average Bonchev–Trinajstić information content (AvgIpc) is 2.07. The van der Waals surface area contributed by atoms with Crippen LogP contribution >= 0.6 is 0 Å². The van der Waals surface area contributed by atoms with Crippen molar-refractivity contribution < 1.29 is 0 Å². The summed E-state index contributed by atoms with van der Waals surface area (Å²) in [5, 5.41) is 0. The Kier molecular flexibility index (Phi) is 7.32. The summed E-state index contributed by atoms with van der Waals surface area (Å²) in [7, 11) is -0.947.